The molecule has 0 fully saturated rings. The Balaban J connectivity index is 1.46. The lowest BCUT2D eigenvalue weighted by Crippen LogP contribution is -2.29. The molecule has 1 aromatic heterocycles. The highest BCUT2D eigenvalue weighted by atomic mass is 16.7. The van der Waals surface area contributed by atoms with Crippen LogP contribution in [-0.2, 0) is 6.54 Å². The van der Waals surface area contributed by atoms with Crippen LogP contribution in [0.3, 0.4) is 0 Å². The van der Waals surface area contributed by atoms with Gasteiger partial charge in [-0.05, 0) is 47.5 Å². The molecule has 3 aromatic carbocycles. The molecule has 2 aliphatic rings. The number of fused-ring (bicyclic) bond motifs is 3. The second kappa shape index (κ2) is 8.36. The molecule has 174 valence electrons. The molecule has 4 aromatic rings. The summed E-state index contributed by atoms with van der Waals surface area (Å²) >= 11 is 0. The van der Waals surface area contributed by atoms with Gasteiger partial charge >= 0.3 is 0 Å². The quantitative estimate of drug-likeness (QED) is 0.378. The van der Waals surface area contributed by atoms with Gasteiger partial charge in [0, 0.05) is 6.54 Å². The summed E-state index contributed by atoms with van der Waals surface area (Å²) in [7, 11) is 0. The molecular weight excluding hydrogens is 446 g/mol. The average Bonchev–Trinajstić information content (AvgIpc) is 3.46. The van der Waals surface area contributed by atoms with Gasteiger partial charge in [-0.1, -0.05) is 43.0 Å². The van der Waals surface area contributed by atoms with E-state index in [2.05, 4.69) is 6.58 Å². The van der Waals surface area contributed by atoms with Crippen LogP contribution in [0.15, 0.2) is 88.6 Å². The normalized spacial score (nSPS) is 15.9. The molecule has 0 bridgehead atoms. The van der Waals surface area contributed by atoms with Crippen molar-refractivity contribution in [3.05, 3.63) is 112 Å². The Labute approximate surface area is 200 Å². The minimum Gasteiger partial charge on any atom is -0.490 e. The van der Waals surface area contributed by atoms with Gasteiger partial charge in [0.05, 0.1) is 17.0 Å². The van der Waals surface area contributed by atoms with Crippen molar-refractivity contribution >= 4 is 16.9 Å². The number of nitrogens with zero attached hydrogens (tertiary/aromatic N) is 1. The van der Waals surface area contributed by atoms with Crippen LogP contribution in [0.5, 0.6) is 17.2 Å². The largest absolute Gasteiger partial charge is 0.490 e. The molecule has 0 spiro atoms. The van der Waals surface area contributed by atoms with Crippen LogP contribution in [0.2, 0.25) is 0 Å². The molecule has 7 nitrogen and oxygen atoms in total. The maximum atomic E-state index is 13.6. The molecule has 1 atom stereocenters. The Kier molecular flexibility index (Phi) is 5.03. The number of para-hydroxylation sites is 1. The fraction of sp³-hybridized carbons (Fsp3) is 0.143. The van der Waals surface area contributed by atoms with Crippen LogP contribution in [0.4, 0.5) is 0 Å². The standard InChI is InChI=1S/C28H21NO6/c1-2-13-32-19-10-8-18(9-11-19)25-24-26(30)20-5-3-4-6-21(20)35-27(24)28(31)29(25)15-17-7-12-22-23(14-17)34-16-33-22/h2-12,14,25H,1,13,15-16H2/t25-/m0/s1. The molecule has 0 saturated carbocycles. The zero-order valence-electron chi connectivity index (χ0n) is 18.7. The zero-order chi connectivity index (χ0) is 23.9. The van der Waals surface area contributed by atoms with E-state index in [4.69, 9.17) is 18.6 Å². The van der Waals surface area contributed by atoms with Crippen LogP contribution in [0.1, 0.15) is 33.3 Å². The van der Waals surface area contributed by atoms with Gasteiger partial charge in [0.15, 0.2) is 16.9 Å². The van der Waals surface area contributed by atoms with Gasteiger partial charge in [-0.25, -0.2) is 0 Å². The summed E-state index contributed by atoms with van der Waals surface area (Å²) in [5, 5.41) is 0.444. The molecular formula is C28H21NO6. The van der Waals surface area contributed by atoms with E-state index in [1.807, 2.05) is 42.5 Å². The first kappa shape index (κ1) is 21.0. The van der Waals surface area contributed by atoms with Crippen molar-refractivity contribution in [3.63, 3.8) is 0 Å². The van der Waals surface area contributed by atoms with Crippen molar-refractivity contribution in [2.75, 3.05) is 13.4 Å². The fourth-order valence-corrected chi connectivity index (χ4v) is 4.61. The molecule has 7 heteroatoms. The third kappa shape index (κ3) is 3.52. The zero-order valence-corrected chi connectivity index (χ0v) is 18.7. The van der Waals surface area contributed by atoms with Crippen molar-refractivity contribution < 1.29 is 23.4 Å². The van der Waals surface area contributed by atoms with Gasteiger partial charge in [-0.3, -0.25) is 9.59 Å². The molecule has 2 aliphatic heterocycles. The molecule has 0 saturated heterocycles. The predicted molar refractivity (Wildman–Crippen MR) is 129 cm³/mol. The first-order chi connectivity index (χ1) is 17.1. The molecule has 0 N–H and O–H groups in total. The van der Waals surface area contributed by atoms with E-state index in [0.29, 0.717) is 40.4 Å². The maximum absolute atomic E-state index is 13.6. The minimum absolute atomic E-state index is 0.0754. The van der Waals surface area contributed by atoms with Gasteiger partial charge < -0.3 is 23.5 Å². The number of rotatable bonds is 6. The van der Waals surface area contributed by atoms with Crippen LogP contribution in [0, 0.1) is 0 Å². The second-order valence-corrected chi connectivity index (χ2v) is 8.36. The van der Waals surface area contributed by atoms with Crippen molar-refractivity contribution in [3.8, 4) is 17.2 Å². The van der Waals surface area contributed by atoms with E-state index >= 15 is 0 Å². The van der Waals surface area contributed by atoms with Gasteiger partial charge in [0.2, 0.25) is 12.6 Å². The van der Waals surface area contributed by atoms with Crippen molar-refractivity contribution in [2.24, 2.45) is 0 Å². The third-order valence-corrected chi connectivity index (χ3v) is 6.23. The van der Waals surface area contributed by atoms with E-state index < -0.39 is 6.04 Å². The second-order valence-electron chi connectivity index (χ2n) is 8.36. The van der Waals surface area contributed by atoms with Crippen molar-refractivity contribution in [1.82, 2.24) is 4.90 Å². The maximum Gasteiger partial charge on any atom is 0.291 e. The highest BCUT2D eigenvalue weighted by Crippen LogP contribution is 2.40. The summed E-state index contributed by atoms with van der Waals surface area (Å²) in [6.07, 6.45) is 1.67. The number of hydrogen-bond donors (Lipinski definition) is 0. The molecule has 6 rings (SSSR count). The molecule has 0 radical (unpaired) electrons. The Morgan fingerprint density at radius 1 is 1.00 bits per heavy atom. The van der Waals surface area contributed by atoms with E-state index in [-0.39, 0.29) is 30.4 Å². The average molecular weight is 467 g/mol. The Hall–Kier alpha value is -4.52. The fourth-order valence-electron chi connectivity index (χ4n) is 4.61. The minimum atomic E-state index is -0.614. The van der Waals surface area contributed by atoms with Gasteiger partial charge in [-0.15, -0.1) is 0 Å². The number of benzene rings is 3. The number of carbonyl (C=O) groups excluding carboxylic acids is 1. The van der Waals surface area contributed by atoms with Gasteiger partial charge in [-0.2, -0.15) is 0 Å². The highest BCUT2D eigenvalue weighted by molar-refractivity contribution is 5.99. The molecule has 35 heavy (non-hydrogen) atoms. The summed E-state index contributed by atoms with van der Waals surface area (Å²) in [6, 6.07) is 19.3. The van der Waals surface area contributed by atoms with E-state index in [9.17, 15) is 9.59 Å². The molecule has 3 heterocycles. The van der Waals surface area contributed by atoms with Crippen LogP contribution < -0.4 is 19.6 Å². The smallest absolute Gasteiger partial charge is 0.291 e. The van der Waals surface area contributed by atoms with E-state index in [1.54, 1.807) is 35.2 Å². The van der Waals surface area contributed by atoms with Gasteiger partial charge in [0.25, 0.3) is 5.91 Å². The van der Waals surface area contributed by atoms with E-state index in [1.165, 1.54) is 0 Å². The number of hydrogen-bond acceptors (Lipinski definition) is 6. The predicted octanol–water partition coefficient (Wildman–Crippen LogP) is 4.83. The Bertz CT molecular complexity index is 1520. The topological polar surface area (TPSA) is 78.2 Å². The lowest BCUT2D eigenvalue weighted by atomic mass is 9.98. The number of amides is 1. The van der Waals surface area contributed by atoms with Crippen molar-refractivity contribution in [1.29, 1.82) is 0 Å². The van der Waals surface area contributed by atoms with Crippen molar-refractivity contribution in [2.45, 2.75) is 12.6 Å². The Morgan fingerprint density at radius 3 is 2.63 bits per heavy atom. The Morgan fingerprint density at radius 2 is 1.80 bits per heavy atom. The third-order valence-electron chi connectivity index (χ3n) is 6.23. The summed E-state index contributed by atoms with van der Waals surface area (Å²) in [4.78, 5) is 28.9. The SMILES string of the molecule is C=CCOc1ccc([C@H]2c3c(oc4ccccc4c3=O)C(=O)N2Cc2ccc3c(c2)OCO3)cc1. The summed E-state index contributed by atoms with van der Waals surface area (Å²) in [5.41, 5.74) is 2.16. The summed E-state index contributed by atoms with van der Waals surface area (Å²) in [5.74, 6) is 1.71. The lowest BCUT2D eigenvalue weighted by Gasteiger charge is -2.25. The molecule has 0 aliphatic carbocycles. The van der Waals surface area contributed by atoms with Gasteiger partial charge in [0.1, 0.15) is 17.9 Å². The molecule has 0 unspecified atom stereocenters. The summed E-state index contributed by atoms with van der Waals surface area (Å²) < 4.78 is 22.5. The first-order valence-electron chi connectivity index (χ1n) is 11.2. The summed E-state index contributed by atoms with van der Waals surface area (Å²) in [6.45, 7) is 4.48. The number of ether oxygens (including phenoxy) is 3. The lowest BCUT2D eigenvalue weighted by molar-refractivity contribution is 0.0714. The molecule has 1 amide bonds. The first-order valence-corrected chi connectivity index (χ1v) is 11.2. The monoisotopic (exact) mass is 467 g/mol. The highest BCUT2D eigenvalue weighted by Gasteiger charge is 2.42. The van der Waals surface area contributed by atoms with Crippen LogP contribution in [0.25, 0.3) is 11.0 Å². The van der Waals surface area contributed by atoms with E-state index in [0.717, 1.165) is 11.1 Å². The number of carbonyl (C=O) groups is 1. The van der Waals surface area contributed by atoms with Crippen LogP contribution in [-0.4, -0.2) is 24.2 Å². The van der Waals surface area contributed by atoms with Crippen LogP contribution >= 0.6 is 0 Å².